The summed E-state index contributed by atoms with van der Waals surface area (Å²) in [4.78, 5) is 8.84. The van der Waals surface area contributed by atoms with Gasteiger partial charge in [-0.15, -0.1) is 21.5 Å². The van der Waals surface area contributed by atoms with Crippen LogP contribution in [0.25, 0.3) is 22.1 Å². The first-order chi connectivity index (χ1) is 10.7. The van der Waals surface area contributed by atoms with E-state index in [4.69, 9.17) is 23.2 Å². The van der Waals surface area contributed by atoms with Gasteiger partial charge in [-0.3, -0.25) is 4.99 Å². The Hall–Kier alpha value is -1.76. The van der Waals surface area contributed by atoms with Gasteiger partial charge in [-0.2, -0.15) is 0 Å². The van der Waals surface area contributed by atoms with E-state index >= 15 is 0 Å². The molecule has 1 aliphatic rings. The van der Waals surface area contributed by atoms with E-state index in [0.717, 1.165) is 41.0 Å². The Bertz CT molecular complexity index is 883. The van der Waals surface area contributed by atoms with Gasteiger partial charge in [0.1, 0.15) is 10.7 Å². The summed E-state index contributed by atoms with van der Waals surface area (Å²) in [5, 5.41) is 12.1. The molecule has 4 rings (SSSR count). The molecule has 3 aromatic rings. The smallest absolute Gasteiger partial charge is 0.183 e. The summed E-state index contributed by atoms with van der Waals surface area (Å²) < 4.78 is 2.02. The summed E-state index contributed by atoms with van der Waals surface area (Å²) in [7, 11) is 0. The lowest BCUT2D eigenvalue weighted by Crippen LogP contribution is -2.12. The number of benzene rings is 1. The minimum absolute atomic E-state index is 0.514. The number of aromatic nitrogens is 4. The highest BCUT2D eigenvalue weighted by Crippen LogP contribution is 2.36. The van der Waals surface area contributed by atoms with Crippen LogP contribution in [-0.4, -0.2) is 32.5 Å². The van der Waals surface area contributed by atoms with Crippen molar-refractivity contribution in [2.45, 2.75) is 6.54 Å². The zero-order valence-electron chi connectivity index (χ0n) is 11.2. The fraction of sp³-hybridized carbons (Fsp3) is 0.143. The SMILES string of the molecule is Clc1cccc(-c2nc(-c3nnc4n3CCN=C4)cs2)c1Cl. The van der Waals surface area contributed by atoms with Gasteiger partial charge in [-0.25, -0.2) is 4.98 Å². The summed E-state index contributed by atoms with van der Waals surface area (Å²) in [6.45, 7) is 1.49. The van der Waals surface area contributed by atoms with Gasteiger partial charge in [0.25, 0.3) is 0 Å². The molecule has 0 unspecified atom stereocenters. The van der Waals surface area contributed by atoms with E-state index < -0.39 is 0 Å². The Kier molecular flexibility index (Phi) is 3.44. The molecule has 0 N–H and O–H groups in total. The molecular weight excluding hydrogens is 341 g/mol. The molecule has 1 aromatic carbocycles. The molecule has 0 saturated carbocycles. The first-order valence-electron chi connectivity index (χ1n) is 6.57. The average molecular weight is 350 g/mol. The molecule has 0 spiro atoms. The van der Waals surface area contributed by atoms with Crippen molar-refractivity contribution in [3.63, 3.8) is 0 Å². The van der Waals surface area contributed by atoms with E-state index in [1.807, 2.05) is 22.1 Å². The second kappa shape index (κ2) is 5.46. The fourth-order valence-corrected chi connectivity index (χ4v) is 3.57. The van der Waals surface area contributed by atoms with Gasteiger partial charge >= 0.3 is 0 Å². The third-order valence-corrected chi connectivity index (χ3v) is 5.05. The van der Waals surface area contributed by atoms with Gasteiger partial charge in [0, 0.05) is 17.5 Å². The van der Waals surface area contributed by atoms with Crippen LogP contribution >= 0.6 is 34.5 Å². The van der Waals surface area contributed by atoms with Crippen LogP contribution in [-0.2, 0) is 6.54 Å². The fourth-order valence-electron chi connectivity index (χ4n) is 2.29. The van der Waals surface area contributed by atoms with E-state index in [9.17, 15) is 0 Å². The van der Waals surface area contributed by atoms with Crippen molar-refractivity contribution in [2.24, 2.45) is 4.99 Å². The second-order valence-electron chi connectivity index (χ2n) is 4.71. The van der Waals surface area contributed by atoms with Gasteiger partial charge in [0.05, 0.1) is 22.8 Å². The summed E-state index contributed by atoms with van der Waals surface area (Å²) in [5.74, 6) is 1.51. The molecule has 0 aliphatic carbocycles. The number of aliphatic imine (C=N–C) groups is 1. The largest absolute Gasteiger partial charge is 0.303 e. The van der Waals surface area contributed by atoms with Gasteiger partial charge in [0.2, 0.25) is 0 Å². The molecule has 0 atom stereocenters. The number of nitrogens with zero attached hydrogens (tertiary/aromatic N) is 5. The zero-order valence-corrected chi connectivity index (χ0v) is 13.5. The zero-order chi connectivity index (χ0) is 15.1. The lowest BCUT2D eigenvalue weighted by Gasteiger charge is -2.08. The van der Waals surface area contributed by atoms with Crippen LogP contribution in [0.1, 0.15) is 5.82 Å². The molecule has 22 heavy (non-hydrogen) atoms. The first kappa shape index (κ1) is 13.9. The van der Waals surface area contributed by atoms with Crippen molar-refractivity contribution in [2.75, 3.05) is 6.54 Å². The quantitative estimate of drug-likeness (QED) is 0.706. The van der Waals surface area contributed by atoms with Crippen molar-refractivity contribution in [1.29, 1.82) is 0 Å². The van der Waals surface area contributed by atoms with Crippen molar-refractivity contribution < 1.29 is 0 Å². The maximum Gasteiger partial charge on any atom is 0.183 e. The molecule has 0 saturated heterocycles. The first-order valence-corrected chi connectivity index (χ1v) is 8.21. The number of thiazole rings is 1. The Morgan fingerprint density at radius 3 is 3.00 bits per heavy atom. The van der Waals surface area contributed by atoms with E-state index in [-0.39, 0.29) is 0 Å². The molecule has 0 fully saturated rings. The van der Waals surface area contributed by atoms with Crippen LogP contribution in [0.15, 0.2) is 28.6 Å². The number of hydrogen-bond donors (Lipinski definition) is 0. The monoisotopic (exact) mass is 349 g/mol. The average Bonchev–Trinajstić information content (AvgIpc) is 3.16. The van der Waals surface area contributed by atoms with Crippen molar-refractivity contribution >= 4 is 40.8 Å². The third-order valence-electron chi connectivity index (χ3n) is 3.35. The van der Waals surface area contributed by atoms with Gasteiger partial charge in [-0.1, -0.05) is 35.3 Å². The van der Waals surface area contributed by atoms with E-state index in [1.54, 1.807) is 12.3 Å². The Labute approximate surface area is 140 Å². The van der Waals surface area contributed by atoms with Crippen LogP contribution in [0.3, 0.4) is 0 Å². The summed E-state index contributed by atoms with van der Waals surface area (Å²) in [6.07, 6.45) is 1.74. The van der Waals surface area contributed by atoms with Crippen molar-refractivity contribution in [3.8, 4) is 22.1 Å². The van der Waals surface area contributed by atoms with E-state index in [1.165, 1.54) is 11.3 Å². The highest BCUT2D eigenvalue weighted by molar-refractivity contribution is 7.13. The molecule has 0 bridgehead atoms. The normalized spacial score (nSPS) is 13.4. The molecule has 8 heteroatoms. The third kappa shape index (κ3) is 2.24. The Morgan fingerprint density at radius 2 is 2.09 bits per heavy atom. The second-order valence-corrected chi connectivity index (χ2v) is 6.35. The molecule has 0 amide bonds. The van der Waals surface area contributed by atoms with Crippen LogP contribution in [0, 0.1) is 0 Å². The lowest BCUT2D eigenvalue weighted by molar-refractivity contribution is 0.691. The minimum atomic E-state index is 0.514. The van der Waals surface area contributed by atoms with Gasteiger partial charge in [-0.05, 0) is 6.07 Å². The minimum Gasteiger partial charge on any atom is -0.303 e. The molecule has 2 aromatic heterocycles. The number of fused-ring (bicyclic) bond motifs is 1. The highest BCUT2D eigenvalue weighted by Gasteiger charge is 2.18. The van der Waals surface area contributed by atoms with Gasteiger partial charge in [0.15, 0.2) is 11.6 Å². The Balaban J connectivity index is 1.78. The van der Waals surface area contributed by atoms with E-state index in [0.29, 0.717) is 10.0 Å². The molecule has 3 heterocycles. The molecule has 1 aliphatic heterocycles. The van der Waals surface area contributed by atoms with Crippen LogP contribution in [0.4, 0.5) is 0 Å². The number of hydrogen-bond acceptors (Lipinski definition) is 5. The Morgan fingerprint density at radius 1 is 1.18 bits per heavy atom. The predicted octanol–water partition coefficient (Wildman–Crippen LogP) is 3.81. The van der Waals surface area contributed by atoms with Crippen LogP contribution < -0.4 is 0 Å². The van der Waals surface area contributed by atoms with Crippen molar-refractivity contribution in [3.05, 3.63) is 39.4 Å². The molecule has 5 nitrogen and oxygen atoms in total. The van der Waals surface area contributed by atoms with Crippen molar-refractivity contribution in [1.82, 2.24) is 19.7 Å². The molecule has 0 radical (unpaired) electrons. The molecule has 110 valence electrons. The summed E-state index contributed by atoms with van der Waals surface area (Å²) >= 11 is 13.8. The highest BCUT2D eigenvalue weighted by atomic mass is 35.5. The van der Waals surface area contributed by atoms with Gasteiger partial charge < -0.3 is 4.57 Å². The number of rotatable bonds is 2. The molecular formula is C14H9Cl2N5S. The predicted molar refractivity (Wildman–Crippen MR) is 89.0 cm³/mol. The maximum absolute atomic E-state index is 6.26. The number of halogens is 2. The standard InChI is InChI=1S/C14H9Cl2N5S/c15-9-3-1-2-8(12(9)16)14-18-10(7-22-14)13-20-19-11-6-17-4-5-21(11)13/h1-3,6-7H,4-5H2. The van der Waals surface area contributed by atoms with Crippen LogP contribution in [0.5, 0.6) is 0 Å². The maximum atomic E-state index is 6.26. The lowest BCUT2D eigenvalue weighted by atomic mass is 10.2. The van der Waals surface area contributed by atoms with E-state index in [2.05, 4.69) is 20.2 Å². The summed E-state index contributed by atoms with van der Waals surface area (Å²) in [6, 6.07) is 5.53. The topological polar surface area (TPSA) is 56.0 Å². The van der Waals surface area contributed by atoms with Crippen LogP contribution in [0.2, 0.25) is 10.0 Å². The summed E-state index contributed by atoms with van der Waals surface area (Å²) in [5.41, 5.74) is 1.61.